The summed E-state index contributed by atoms with van der Waals surface area (Å²) in [5.41, 5.74) is 6.87. The minimum Gasteiger partial charge on any atom is -0.495 e. The predicted molar refractivity (Wildman–Crippen MR) is 161 cm³/mol. The number of hydrogen-bond acceptors (Lipinski definition) is 5. The highest BCUT2D eigenvalue weighted by molar-refractivity contribution is 6.31. The first kappa shape index (κ1) is 28.9. The Morgan fingerprint density at radius 3 is 2.44 bits per heavy atom. The third-order valence-corrected chi connectivity index (χ3v) is 8.33. The molecular formula is C31H32Cl2N4O4. The smallest absolute Gasteiger partial charge is 0.248 e. The lowest BCUT2D eigenvalue weighted by Gasteiger charge is -2.37. The number of nitrogens with two attached hydrogens (primary N) is 1. The van der Waals surface area contributed by atoms with Gasteiger partial charge < -0.3 is 26.4 Å². The van der Waals surface area contributed by atoms with Crippen LogP contribution >= 0.6 is 23.2 Å². The van der Waals surface area contributed by atoms with Gasteiger partial charge in [-0.2, -0.15) is 0 Å². The Hall–Kier alpha value is -3.59. The summed E-state index contributed by atoms with van der Waals surface area (Å²) in [7, 11) is 1.44. The summed E-state index contributed by atoms with van der Waals surface area (Å²) < 4.78 is 5.44. The minimum atomic E-state index is -1.14. The van der Waals surface area contributed by atoms with E-state index in [4.69, 9.17) is 33.7 Å². The van der Waals surface area contributed by atoms with E-state index in [1.54, 1.807) is 30.3 Å². The average molecular weight is 596 g/mol. The molecule has 0 bridgehead atoms. The van der Waals surface area contributed by atoms with Crippen molar-refractivity contribution in [2.75, 3.05) is 17.7 Å². The zero-order valence-electron chi connectivity index (χ0n) is 23.2. The molecular weight excluding hydrogens is 563 g/mol. The third kappa shape index (κ3) is 5.16. The molecule has 0 saturated carbocycles. The summed E-state index contributed by atoms with van der Waals surface area (Å²) in [4.78, 5) is 40.1. The van der Waals surface area contributed by atoms with Gasteiger partial charge in [0.15, 0.2) is 0 Å². The molecule has 8 nitrogen and oxygen atoms in total. The molecule has 10 heteroatoms. The number of carbonyl (C=O) groups is 3. The molecule has 3 aromatic rings. The van der Waals surface area contributed by atoms with Gasteiger partial charge >= 0.3 is 0 Å². The Bertz CT molecular complexity index is 1550. The molecule has 2 aliphatic rings. The van der Waals surface area contributed by atoms with E-state index in [9.17, 15) is 14.4 Å². The van der Waals surface area contributed by atoms with E-state index in [-0.39, 0.29) is 28.5 Å². The fraction of sp³-hybridized carbons (Fsp3) is 0.323. The predicted octanol–water partition coefficient (Wildman–Crippen LogP) is 5.49. The molecule has 2 aliphatic heterocycles. The molecule has 1 saturated heterocycles. The van der Waals surface area contributed by atoms with E-state index in [0.29, 0.717) is 27.8 Å². The van der Waals surface area contributed by atoms with E-state index in [0.717, 1.165) is 11.1 Å². The van der Waals surface area contributed by atoms with Gasteiger partial charge in [-0.1, -0.05) is 62.2 Å². The summed E-state index contributed by atoms with van der Waals surface area (Å²) >= 11 is 12.8. The van der Waals surface area contributed by atoms with Gasteiger partial charge in [-0.15, -0.1) is 0 Å². The number of amides is 3. The second kappa shape index (κ2) is 10.7. The molecule has 1 fully saturated rings. The molecule has 3 amide bonds. The highest BCUT2D eigenvalue weighted by Crippen LogP contribution is 2.56. The van der Waals surface area contributed by atoms with Gasteiger partial charge in [-0.25, -0.2) is 0 Å². The summed E-state index contributed by atoms with van der Waals surface area (Å²) in [6, 6.07) is 16.0. The van der Waals surface area contributed by atoms with Gasteiger partial charge in [-0.05, 0) is 65.4 Å². The second-order valence-electron chi connectivity index (χ2n) is 11.8. The van der Waals surface area contributed by atoms with E-state index >= 15 is 0 Å². The van der Waals surface area contributed by atoms with Crippen LogP contribution in [-0.2, 0) is 15.0 Å². The number of ether oxygens (including phenoxy) is 1. The Kier molecular flexibility index (Phi) is 7.53. The number of carbonyl (C=O) groups excluding carboxylic acids is 3. The van der Waals surface area contributed by atoms with Gasteiger partial charge in [0.25, 0.3) is 0 Å². The van der Waals surface area contributed by atoms with Crippen molar-refractivity contribution in [2.45, 2.75) is 50.6 Å². The van der Waals surface area contributed by atoms with Crippen LogP contribution in [0.15, 0.2) is 60.7 Å². The maximum Gasteiger partial charge on any atom is 0.248 e. The van der Waals surface area contributed by atoms with Gasteiger partial charge in [0.2, 0.25) is 17.7 Å². The van der Waals surface area contributed by atoms with Crippen LogP contribution < -0.4 is 26.4 Å². The lowest BCUT2D eigenvalue weighted by Crippen LogP contribution is -2.49. The summed E-state index contributed by atoms with van der Waals surface area (Å²) in [6.07, 6.45) is 0.597. The highest BCUT2D eigenvalue weighted by atomic mass is 35.5. The number of rotatable bonds is 6. The molecule has 5 rings (SSSR count). The van der Waals surface area contributed by atoms with Crippen molar-refractivity contribution in [3.05, 3.63) is 87.4 Å². The zero-order chi connectivity index (χ0) is 29.7. The van der Waals surface area contributed by atoms with Crippen molar-refractivity contribution < 1.29 is 19.1 Å². The van der Waals surface area contributed by atoms with Crippen molar-refractivity contribution in [3.8, 4) is 5.75 Å². The molecule has 0 aromatic heterocycles. The molecule has 4 atom stereocenters. The van der Waals surface area contributed by atoms with Crippen molar-refractivity contribution in [1.29, 1.82) is 0 Å². The van der Waals surface area contributed by atoms with Crippen LogP contribution in [0.3, 0.4) is 0 Å². The molecule has 0 unspecified atom stereocenters. The monoisotopic (exact) mass is 594 g/mol. The molecule has 2 heterocycles. The number of benzene rings is 3. The van der Waals surface area contributed by atoms with Gasteiger partial charge in [-0.3, -0.25) is 14.4 Å². The maximum absolute atomic E-state index is 14.2. The fourth-order valence-corrected chi connectivity index (χ4v) is 6.65. The number of hydrogen-bond donors (Lipinski definition) is 4. The van der Waals surface area contributed by atoms with Crippen LogP contribution in [0.5, 0.6) is 5.75 Å². The average Bonchev–Trinajstić information content (AvgIpc) is 3.37. The Balaban J connectivity index is 1.67. The summed E-state index contributed by atoms with van der Waals surface area (Å²) in [5.74, 6) is -1.54. The molecule has 214 valence electrons. The lowest BCUT2D eigenvalue weighted by molar-refractivity contribution is -0.122. The van der Waals surface area contributed by atoms with Crippen LogP contribution in [-0.4, -0.2) is 36.9 Å². The number of halogens is 2. The molecule has 0 radical (unpaired) electrons. The number of anilines is 2. The Morgan fingerprint density at radius 1 is 1.05 bits per heavy atom. The van der Waals surface area contributed by atoms with E-state index in [2.05, 4.69) is 36.7 Å². The van der Waals surface area contributed by atoms with Crippen molar-refractivity contribution >= 4 is 52.3 Å². The second-order valence-corrected chi connectivity index (χ2v) is 12.6. The SMILES string of the molecule is COc1cc(C(N)=O)ccc1NC(=O)[C@H]1N[C@H](CC(C)(C)C)[C@]2(C(=O)Nc3cc(Cl)ccc32)[C@@H]1c1cccc(Cl)c1. The Labute approximate surface area is 248 Å². The van der Waals surface area contributed by atoms with Crippen LogP contribution in [0.4, 0.5) is 11.4 Å². The van der Waals surface area contributed by atoms with Crippen LogP contribution in [0.1, 0.15) is 54.6 Å². The van der Waals surface area contributed by atoms with Gasteiger partial charge in [0.05, 0.1) is 18.8 Å². The van der Waals surface area contributed by atoms with Gasteiger partial charge in [0.1, 0.15) is 11.2 Å². The van der Waals surface area contributed by atoms with Crippen LogP contribution in [0, 0.1) is 5.41 Å². The zero-order valence-corrected chi connectivity index (χ0v) is 24.7. The summed E-state index contributed by atoms with van der Waals surface area (Å²) in [5, 5.41) is 10.6. The lowest BCUT2D eigenvalue weighted by atomic mass is 9.62. The summed E-state index contributed by atoms with van der Waals surface area (Å²) in [6.45, 7) is 6.31. The number of primary amides is 1. The van der Waals surface area contributed by atoms with Gasteiger partial charge in [0, 0.05) is 33.3 Å². The number of fused-ring (bicyclic) bond motifs is 2. The van der Waals surface area contributed by atoms with E-state index < -0.39 is 29.3 Å². The largest absolute Gasteiger partial charge is 0.495 e. The normalized spacial score (nSPS) is 23.3. The van der Waals surface area contributed by atoms with Crippen molar-refractivity contribution in [3.63, 3.8) is 0 Å². The van der Waals surface area contributed by atoms with Crippen LogP contribution in [0.2, 0.25) is 10.0 Å². The van der Waals surface area contributed by atoms with E-state index in [1.807, 2.05) is 18.2 Å². The first-order valence-electron chi connectivity index (χ1n) is 13.3. The molecule has 0 aliphatic carbocycles. The maximum atomic E-state index is 14.2. The van der Waals surface area contributed by atoms with E-state index in [1.165, 1.54) is 19.2 Å². The quantitative estimate of drug-likeness (QED) is 0.300. The topological polar surface area (TPSA) is 123 Å². The fourth-order valence-electron chi connectivity index (χ4n) is 6.28. The number of methoxy groups -OCH3 is 1. The first-order chi connectivity index (χ1) is 19.3. The molecule has 5 N–H and O–H groups in total. The minimum absolute atomic E-state index is 0.182. The molecule has 41 heavy (non-hydrogen) atoms. The Morgan fingerprint density at radius 2 is 1.78 bits per heavy atom. The molecule has 1 spiro atoms. The standard InChI is InChI=1S/C31H32Cl2N4O4/c1-30(2,3)15-24-31(20-10-9-19(33)14-22(20)36-29(31)40)25(16-6-5-7-18(32)12-16)26(37-24)28(39)35-21-11-8-17(27(34)38)13-23(21)41-4/h5-14,24-26,37H,15H2,1-4H3,(H2,34,38)(H,35,39)(H,36,40)/t24-,25-,26+,31+/m1/s1. The third-order valence-electron chi connectivity index (χ3n) is 7.86. The van der Waals surface area contributed by atoms with Crippen LogP contribution in [0.25, 0.3) is 0 Å². The first-order valence-corrected chi connectivity index (χ1v) is 14.0. The number of nitrogens with one attached hydrogen (secondary N) is 3. The van der Waals surface area contributed by atoms with Crippen molar-refractivity contribution in [1.82, 2.24) is 5.32 Å². The van der Waals surface area contributed by atoms with Crippen molar-refractivity contribution in [2.24, 2.45) is 11.1 Å². The molecule has 3 aromatic carbocycles. The highest BCUT2D eigenvalue weighted by Gasteiger charge is 2.65.